The fourth-order valence-electron chi connectivity index (χ4n) is 1.92. The highest BCUT2D eigenvalue weighted by molar-refractivity contribution is 5.80. The number of aromatic nitrogens is 1. The van der Waals surface area contributed by atoms with Gasteiger partial charge in [0.15, 0.2) is 0 Å². The van der Waals surface area contributed by atoms with Crippen LogP contribution in [0.2, 0.25) is 0 Å². The van der Waals surface area contributed by atoms with Crippen molar-refractivity contribution in [2.75, 3.05) is 0 Å². The Kier molecular flexibility index (Phi) is 2.95. The molecule has 1 aromatic rings. The SMILES string of the molecule is CC(C)(NC(=O)C1CCC1)c1ccncc1. The minimum Gasteiger partial charge on any atom is -0.347 e. The van der Waals surface area contributed by atoms with Crippen LogP contribution in [0.3, 0.4) is 0 Å². The first-order valence-electron chi connectivity index (χ1n) is 5.82. The molecule has 1 N–H and O–H groups in total. The highest BCUT2D eigenvalue weighted by Crippen LogP contribution is 2.28. The quantitative estimate of drug-likeness (QED) is 0.845. The number of hydrogen-bond acceptors (Lipinski definition) is 2. The van der Waals surface area contributed by atoms with Crippen LogP contribution in [-0.2, 0) is 10.3 Å². The van der Waals surface area contributed by atoms with Crippen molar-refractivity contribution in [2.24, 2.45) is 5.92 Å². The van der Waals surface area contributed by atoms with Crippen molar-refractivity contribution in [1.82, 2.24) is 10.3 Å². The lowest BCUT2D eigenvalue weighted by atomic mass is 9.83. The molecule has 3 nitrogen and oxygen atoms in total. The van der Waals surface area contributed by atoms with Crippen molar-refractivity contribution in [3.05, 3.63) is 30.1 Å². The number of hydrogen-bond donors (Lipinski definition) is 1. The fourth-order valence-corrected chi connectivity index (χ4v) is 1.92. The number of nitrogens with zero attached hydrogens (tertiary/aromatic N) is 1. The number of carbonyl (C=O) groups excluding carboxylic acids is 1. The Hall–Kier alpha value is -1.38. The molecule has 0 bridgehead atoms. The summed E-state index contributed by atoms with van der Waals surface area (Å²) in [5.41, 5.74) is 0.783. The Balaban J connectivity index is 2.04. The molecule has 1 heterocycles. The van der Waals surface area contributed by atoms with Crippen molar-refractivity contribution in [3.63, 3.8) is 0 Å². The van der Waals surface area contributed by atoms with Gasteiger partial charge in [-0.2, -0.15) is 0 Å². The Bertz CT molecular complexity index is 369. The molecule has 0 aliphatic heterocycles. The van der Waals surface area contributed by atoms with Gasteiger partial charge in [-0.1, -0.05) is 6.42 Å². The number of rotatable bonds is 3. The highest BCUT2D eigenvalue weighted by atomic mass is 16.2. The third kappa shape index (κ3) is 2.23. The molecule has 1 aliphatic rings. The van der Waals surface area contributed by atoms with Crippen LogP contribution < -0.4 is 5.32 Å². The summed E-state index contributed by atoms with van der Waals surface area (Å²) >= 11 is 0. The second kappa shape index (κ2) is 4.24. The second-order valence-electron chi connectivity index (χ2n) is 4.98. The molecule has 3 heteroatoms. The third-order valence-electron chi connectivity index (χ3n) is 3.31. The molecule has 0 saturated heterocycles. The molecule has 0 radical (unpaired) electrons. The summed E-state index contributed by atoms with van der Waals surface area (Å²) in [4.78, 5) is 15.9. The van der Waals surface area contributed by atoms with Gasteiger partial charge in [-0.15, -0.1) is 0 Å². The smallest absolute Gasteiger partial charge is 0.223 e. The predicted molar refractivity (Wildman–Crippen MR) is 62.7 cm³/mol. The van der Waals surface area contributed by atoms with Crippen LogP contribution >= 0.6 is 0 Å². The molecule has 0 spiro atoms. The first-order chi connectivity index (χ1) is 7.59. The maximum Gasteiger partial charge on any atom is 0.223 e. The van der Waals surface area contributed by atoms with E-state index in [0.717, 1.165) is 18.4 Å². The molecule has 0 aromatic carbocycles. The van der Waals surface area contributed by atoms with E-state index in [9.17, 15) is 4.79 Å². The van der Waals surface area contributed by atoms with E-state index in [0.29, 0.717) is 0 Å². The van der Waals surface area contributed by atoms with Gasteiger partial charge in [-0.3, -0.25) is 9.78 Å². The summed E-state index contributed by atoms with van der Waals surface area (Å²) < 4.78 is 0. The van der Waals surface area contributed by atoms with Gasteiger partial charge in [0.1, 0.15) is 0 Å². The van der Waals surface area contributed by atoms with Crippen LogP contribution in [0.15, 0.2) is 24.5 Å². The number of amides is 1. The van der Waals surface area contributed by atoms with Crippen LogP contribution in [0, 0.1) is 5.92 Å². The number of nitrogens with one attached hydrogen (secondary N) is 1. The molecule has 1 saturated carbocycles. The molecule has 0 unspecified atom stereocenters. The summed E-state index contributed by atoms with van der Waals surface area (Å²) in [7, 11) is 0. The standard InChI is InChI=1S/C13H18N2O/c1-13(2,11-6-8-14-9-7-11)15-12(16)10-4-3-5-10/h6-10H,3-5H2,1-2H3,(H,15,16). The normalized spacial score (nSPS) is 16.6. The van der Waals surface area contributed by atoms with Gasteiger partial charge in [0.25, 0.3) is 0 Å². The van der Waals surface area contributed by atoms with Gasteiger partial charge in [-0.25, -0.2) is 0 Å². The van der Waals surface area contributed by atoms with Crippen molar-refractivity contribution in [2.45, 2.75) is 38.6 Å². The first kappa shape index (κ1) is 11.1. The molecule has 1 fully saturated rings. The van der Waals surface area contributed by atoms with Crippen LogP contribution in [0.5, 0.6) is 0 Å². The van der Waals surface area contributed by atoms with Crippen molar-refractivity contribution in [1.29, 1.82) is 0 Å². The summed E-state index contributed by atoms with van der Waals surface area (Å²) in [5.74, 6) is 0.425. The van der Waals surface area contributed by atoms with Crippen LogP contribution in [0.25, 0.3) is 0 Å². The van der Waals surface area contributed by atoms with Crippen LogP contribution in [0.1, 0.15) is 38.7 Å². The lowest BCUT2D eigenvalue weighted by Crippen LogP contribution is -2.45. The number of carbonyl (C=O) groups is 1. The van der Waals surface area contributed by atoms with E-state index >= 15 is 0 Å². The molecular formula is C13H18N2O. The minimum atomic E-state index is -0.310. The molecule has 1 amide bonds. The van der Waals surface area contributed by atoms with Crippen LogP contribution in [0.4, 0.5) is 0 Å². The largest absolute Gasteiger partial charge is 0.347 e. The first-order valence-corrected chi connectivity index (χ1v) is 5.82. The van der Waals surface area contributed by atoms with Crippen molar-refractivity contribution < 1.29 is 4.79 Å². The van der Waals surface area contributed by atoms with Gasteiger partial charge in [0, 0.05) is 18.3 Å². The summed E-state index contributed by atoms with van der Waals surface area (Å²) in [6, 6.07) is 3.89. The van der Waals surface area contributed by atoms with E-state index in [1.54, 1.807) is 12.4 Å². The zero-order valence-electron chi connectivity index (χ0n) is 9.86. The average molecular weight is 218 g/mol. The van der Waals surface area contributed by atoms with E-state index < -0.39 is 0 Å². The monoisotopic (exact) mass is 218 g/mol. The third-order valence-corrected chi connectivity index (χ3v) is 3.31. The maximum atomic E-state index is 11.9. The Morgan fingerprint density at radius 3 is 2.50 bits per heavy atom. The minimum absolute atomic E-state index is 0.188. The van der Waals surface area contributed by atoms with Crippen molar-refractivity contribution in [3.8, 4) is 0 Å². The van der Waals surface area contributed by atoms with Gasteiger partial charge in [0.2, 0.25) is 5.91 Å². The zero-order chi connectivity index (χ0) is 11.6. The van der Waals surface area contributed by atoms with Gasteiger partial charge in [0.05, 0.1) is 5.54 Å². The highest BCUT2D eigenvalue weighted by Gasteiger charge is 2.30. The van der Waals surface area contributed by atoms with E-state index in [1.165, 1.54) is 6.42 Å². The Labute approximate surface area is 96.3 Å². The fraction of sp³-hybridized carbons (Fsp3) is 0.538. The van der Waals surface area contributed by atoms with Gasteiger partial charge >= 0.3 is 0 Å². The van der Waals surface area contributed by atoms with Crippen molar-refractivity contribution >= 4 is 5.91 Å². The Morgan fingerprint density at radius 2 is 2.00 bits per heavy atom. The second-order valence-corrected chi connectivity index (χ2v) is 4.98. The lowest BCUT2D eigenvalue weighted by Gasteiger charge is -2.32. The number of pyridine rings is 1. The molecule has 0 atom stereocenters. The zero-order valence-corrected chi connectivity index (χ0v) is 9.86. The average Bonchev–Trinajstić information content (AvgIpc) is 2.15. The topological polar surface area (TPSA) is 42.0 Å². The van der Waals surface area contributed by atoms with E-state index in [2.05, 4.69) is 10.3 Å². The molecule has 86 valence electrons. The predicted octanol–water partition coefficient (Wildman–Crippen LogP) is 2.23. The van der Waals surface area contributed by atoms with E-state index in [4.69, 9.17) is 0 Å². The molecular weight excluding hydrogens is 200 g/mol. The van der Waals surface area contributed by atoms with Gasteiger partial charge in [-0.05, 0) is 44.4 Å². The summed E-state index contributed by atoms with van der Waals surface area (Å²) in [6.07, 6.45) is 6.78. The molecule has 2 rings (SSSR count). The molecule has 1 aromatic heterocycles. The molecule has 16 heavy (non-hydrogen) atoms. The molecule has 1 aliphatic carbocycles. The van der Waals surface area contributed by atoms with E-state index in [1.807, 2.05) is 26.0 Å². The van der Waals surface area contributed by atoms with E-state index in [-0.39, 0.29) is 17.4 Å². The van der Waals surface area contributed by atoms with Gasteiger partial charge < -0.3 is 5.32 Å². The summed E-state index contributed by atoms with van der Waals surface area (Å²) in [5, 5.41) is 3.11. The Morgan fingerprint density at radius 1 is 1.38 bits per heavy atom. The lowest BCUT2D eigenvalue weighted by molar-refractivity contribution is -0.129. The summed E-state index contributed by atoms with van der Waals surface area (Å²) in [6.45, 7) is 4.05. The van der Waals surface area contributed by atoms with Crippen LogP contribution in [-0.4, -0.2) is 10.9 Å². The maximum absolute atomic E-state index is 11.9.